The molecule has 0 amide bonds. The summed E-state index contributed by atoms with van der Waals surface area (Å²) in [7, 11) is 0. The molecule has 0 aromatic heterocycles. The molecule has 0 saturated heterocycles. The Balaban J connectivity index is 2.97. The summed E-state index contributed by atoms with van der Waals surface area (Å²) in [5.41, 5.74) is 0. The second-order valence-corrected chi connectivity index (χ2v) is 1.65. The van der Waals surface area contributed by atoms with E-state index in [0.29, 0.717) is 11.3 Å². The van der Waals surface area contributed by atoms with Crippen molar-refractivity contribution in [1.29, 1.82) is 0 Å². The average Bonchev–Trinajstić information content (AvgIpc) is 1.69. The first-order valence-electron chi connectivity index (χ1n) is 2.13. The van der Waals surface area contributed by atoms with Crippen molar-refractivity contribution in [3.8, 4) is 0 Å². The fourth-order valence-electron chi connectivity index (χ4n) is 0.234. The van der Waals surface area contributed by atoms with E-state index in [2.05, 4.69) is 6.58 Å². The number of hydrogen-bond donors (Lipinski definition) is 0. The summed E-state index contributed by atoms with van der Waals surface area (Å²) in [6.45, 7) is 3.50. The SMILES string of the molecule is C=CCCC=S=O. The minimum absolute atomic E-state index is 0.519. The highest BCUT2D eigenvalue weighted by molar-refractivity contribution is 7.64. The molecule has 0 unspecified atom stereocenters. The van der Waals surface area contributed by atoms with Gasteiger partial charge in [0, 0.05) is 5.37 Å². The minimum atomic E-state index is 0.519. The van der Waals surface area contributed by atoms with Crippen molar-refractivity contribution in [2.45, 2.75) is 12.8 Å². The van der Waals surface area contributed by atoms with E-state index in [1.165, 1.54) is 0 Å². The van der Waals surface area contributed by atoms with Crippen LogP contribution in [0, 0.1) is 0 Å². The van der Waals surface area contributed by atoms with Crippen LogP contribution in [0.5, 0.6) is 0 Å². The molecule has 0 heterocycles. The van der Waals surface area contributed by atoms with Crippen molar-refractivity contribution >= 4 is 16.6 Å². The molecular formula is C5H8OS. The lowest BCUT2D eigenvalue weighted by Gasteiger charge is -1.75. The zero-order valence-corrected chi connectivity index (χ0v) is 4.91. The predicted octanol–water partition coefficient (Wildman–Crippen LogP) is 0.968. The summed E-state index contributed by atoms with van der Waals surface area (Å²) >= 11 is 0.519. The first kappa shape index (κ1) is 6.63. The molecule has 1 nitrogen and oxygen atoms in total. The van der Waals surface area contributed by atoms with Crippen LogP contribution < -0.4 is 0 Å². The highest BCUT2D eigenvalue weighted by Crippen LogP contribution is 1.81. The standard InChI is InChI=1S/C5H8OS/c1-2-3-4-5-7-6/h2,5H,1,3-4H2. The first-order chi connectivity index (χ1) is 3.41. The summed E-state index contributed by atoms with van der Waals surface area (Å²) in [5.74, 6) is 0. The van der Waals surface area contributed by atoms with E-state index in [9.17, 15) is 4.21 Å². The summed E-state index contributed by atoms with van der Waals surface area (Å²) in [6.07, 6.45) is 3.56. The van der Waals surface area contributed by atoms with E-state index in [1.807, 2.05) is 0 Å². The van der Waals surface area contributed by atoms with E-state index >= 15 is 0 Å². The molecule has 0 aliphatic carbocycles. The van der Waals surface area contributed by atoms with E-state index in [4.69, 9.17) is 0 Å². The van der Waals surface area contributed by atoms with Gasteiger partial charge < -0.3 is 0 Å². The van der Waals surface area contributed by atoms with E-state index in [1.54, 1.807) is 11.4 Å². The van der Waals surface area contributed by atoms with Crippen LogP contribution in [0.1, 0.15) is 12.8 Å². The molecule has 0 aromatic carbocycles. The fourth-order valence-corrected chi connectivity index (χ4v) is 0.466. The molecule has 2 heteroatoms. The van der Waals surface area contributed by atoms with E-state index < -0.39 is 0 Å². The maximum atomic E-state index is 9.63. The quantitative estimate of drug-likeness (QED) is 0.305. The molecule has 0 saturated carbocycles. The van der Waals surface area contributed by atoms with Gasteiger partial charge in [-0.15, -0.1) is 6.58 Å². The predicted molar refractivity (Wildman–Crippen MR) is 33.6 cm³/mol. The molecule has 0 radical (unpaired) electrons. The van der Waals surface area contributed by atoms with Crippen LogP contribution in [-0.2, 0) is 11.3 Å². The van der Waals surface area contributed by atoms with Crippen LogP contribution in [0.25, 0.3) is 0 Å². The third-order valence-corrected chi connectivity index (χ3v) is 0.928. The Morgan fingerprint density at radius 1 is 1.57 bits per heavy atom. The Hall–Kier alpha value is -0.370. The van der Waals surface area contributed by atoms with Crippen molar-refractivity contribution in [2.75, 3.05) is 0 Å². The van der Waals surface area contributed by atoms with Gasteiger partial charge in [-0.2, -0.15) is 0 Å². The van der Waals surface area contributed by atoms with Gasteiger partial charge in [0.2, 0.25) is 0 Å². The third kappa shape index (κ3) is 5.63. The van der Waals surface area contributed by atoms with Gasteiger partial charge in [-0.25, -0.2) is 4.21 Å². The summed E-state index contributed by atoms with van der Waals surface area (Å²) in [6, 6.07) is 0. The minimum Gasteiger partial charge on any atom is -0.213 e. The molecule has 0 bridgehead atoms. The Morgan fingerprint density at radius 3 is 2.71 bits per heavy atom. The second-order valence-electron chi connectivity index (χ2n) is 1.13. The van der Waals surface area contributed by atoms with Gasteiger partial charge in [0.15, 0.2) is 0 Å². The zero-order valence-electron chi connectivity index (χ0n) is 4.09. The number of hydrogen-bond acceptors (Lipinski definition) is 1. The molecular weight excluding hydrogens is 108 g/mol. The lowest BCUT2D eigenvalue weighted by molar-refractivity contribution is 0.701. The van der Waals surface area contributed by atoms with E-state index in [-0.39, 0.29) is 0 Å². The molecule has 0 aliphatic rings. The molecule has 0 fully saturated rings. The number of rotatable bonds is 3. The molecule has 0 rings (SSSR count). The maximum absolute atomic E-state index is 9.63. The van der Waals surface area contributed by atoms with Crippen LogP contribution in [0.3, 0.4) is 0 Å². The van der Waals surface area contributed by atoms with Gasteiger partial charge in [0.25, 0.3) is 0 Å². The number of unbranched alkanes of at least 4 members (excludes halogenated alkanes) is 1. The van der Waals surface area contributed by atoms with Gasteiger partial charge in [-0.3, -0.25) is 0 Å². The molecule has 0 aromatic rings. The lowest BCUT2D eigenvalue weighted by Crippen LogP contribution is -1.68. The first-order valence-corrected chi connectivity index (χ1v) is 2.93. The summed E-state index contributed by atoms with van der Waals surface area (Å²) in [4.78, 5) is 0. The van der Waals surface area contributed by atoms with Crippen LogP contribution in [0.2, 0.25) is 0 Å². The van der Waals surface area contributed by atoms with Gasteiger partial charge in [0.1, 0.15) is 0 Å². The van der Waals surface area contributed by atoms with Gasteiger partial charge in [0.05, 0.1) is 11.3 Å². The Kier molecular flexibility index (Phi) is 5.33. The van der Waals surface area contributed by atoms with Crippen molar-refractivity contribution in [2.24, 2.45) is 0 Å². The second kappa shape index (κ2) is 5.63. The van der Waals surface area contributed by atoms with Gasteiger partial charge in [-0.05, 0) is 12.8 Å². The summed E-state index contributed by atoms with van der Waals surface area (Å²) < 4.78 is 9.63. The molecule has 7 heavy (non-hydrogen) atoms. The van der Waals surface area contributed by atoms with Crippen LogP contribution in [0.4, 0.5) is 0 Å². The highest BCUT2D eigenvalue weighted by Gasteiger charge is 1.69. The molecule has 0 aliphatic heterocycles. The van der Waals surface area contributed by atoms with Crippen LogP contribution in [0.15, 0.2) is 12.7 Å². The highest BCUT2D eigenvalue weighted by atomic mass is 32.1. The smallest absolute Gasteiger partial charge is 0.0841 e. The van der Waals surface area contributed by atoms with Crippen LogP contribution in [-0.4, -0.2) is 9.58 Å². The van der Waals surface area contributed by atoms with Gasteiger partial charge in [-0.1, -0.05) is 6.08 Å². The Labute approximate surface area is 47.1 Å². The molecule has 0 spiro atoms. The maximum Gasteiger partial charge on any atom is 0.0841 e. The fraction of sp³-hybridized carbons (Fsp3) is 0.400. The van der Waals surface area contributed by atoms with Crippen molar-refractivity contribution in [3.05, 3.63) is 12.7 Å². The largest absolute Gasteiger partial charge is 0.213 e. The van der Waals surface area contributed by atoms with Crippen molar-refractivity contribution < 1.29 is 4.21 Å². The zero-order chi connectivity index (χ0) is 5.54. The molecule has 40 valence electrons. The topological polar surface area (TPSA) is 17.1 Å². The lowest BCUT2D eigenvalue weighted by atomic mass is 10.3. The normalized spacial score (nSPS) is 7.43. The third-order valence-electron chi connectivity index (χ3n) is 0.557. The summed E-state index contributed by atoms with van der Waals surface area (Å²) in [5, 5.41) is 1.63. The average molecular weight is 116 g/mol. The van der Waals surface area contributed by atoms with E-state index in [0.717, 1.165) is 12.8 Å². The van der Waals surface area contributed by atoms with Crippen LogP contribution >= 0.6 is 0 Å². The van der Waals surface area contributed by atoms with Gasteiger partial charge >= 0.3 is 0 Å². The molecule has 0 N–H and O–H groups in total. The number of allylic oxidation sites excluding steroid dienone is 1. The monoisotopic (exact) mass is 116 g/mol. The molecule has 0 atom stereocenters. The van der Waals surface area contributed by atoms with Crippen molar-refractivity contribution in [1.82, 2.24) is 0 Å². The van der Waals surface area contributed by atoms with Crippen molar-refractivity contribution in [3.63, 3.8) is 0 Å². The Morgan fingerprint density at radius 2 is 2.29 bits per heavy atom. The Bertz CT molecular complexity index is 92.3.